The molecule has 5 heteroatoms. The molecule has 3 heterocycles. The fraction of sp³-hybridized carbons (Fsp3) is 0.412. The van der Waals surface area contributed by atoms with Gasteiger partial charge in [-0.25, -0.2) is 4.90 Å². The molecule has 3 aliphatic rings. The van der Waals surface area contributed by atoms with Crippen LogP contribution in [0.4, 0.5) is 5.69 Å². The van der Waals surface area contributed by atoms with Crippen LogP contribution in [0.15, 0.2) is 36.4 Å². The Morgan fingerprint density at radius 1 is 1.09 bits per heavy atom. The summed E-state index contributed by atoms with van der Waals surface area (Å²) in [6.07, 6.45) is 3.82. The fourth-order valence-corrected chi connectivity index (χ4v) is 4.04. The molecule has 2 amide bonds. The van der Waals surface area contributed by atoms with E-state index in [9.17, 15) is 9.59 Å². The van der Waals surface area contributed by atoms with Crippen molar-refractivity contribution in [2.24, 2.45) is 11.8 Å². The molecular weight excluding hydrogens is 282 g/mol. The minimum absolute atomic E-state index is 0.196. The summed E-state index contributed by atoms with van der Waals surface area (Å²) in [5, 5.41) is 0. The molecule has 1 aromatic rings. The van der Waals surface area contributed by atoms with Gasteiger partial charge in [-0.05, 0) is 26.0 Å². The van der Waals surface area contributed by atoms with E-state index in [2.05, 4.69) is 0 Å². The molecule has 2 fully saturated rings. The molecule has 0 spiro atoms. The summed E-state index contributed by atoms with van der Waals surface area (Å²) in [7, 11) is 1.56. The number of ether oxygens (including phenoxy) is 2. The van der Waals surface area contributed by atoms with Gasteiger partial charge in [-0.3, -0.25) is 9.59 Å². The van der Waals surface area contributed by atoms with Crippen LogP contribution in [0.25, 0.3) is 0 Å². The van der Waals surface area contributed by atoms with Crippen molar-refractivity contribution in [1.29, 1.82) is 0 Å². The lowest BCUT2D eigenvalue weighted by Gasteiger charge is -2.25. The summed E-state index contributed by atoms with van der Waals surface area (Å²) in [5.74, 6) is -0.690. The lowest BCUT2D eigenvalue weighted by molar-refractivity contribution is -0.128. The van der Waals surface area contributed by atoms with Gasteiger partial charge in [-0.2, -0.15) is 0 Å². The average Bonchev–Trinajstić information content (AvgIpc) is 3.04. The Balaban J connectivity index is 1.79. The zero-order valence-corrected chi connectivity index (χ0v) is 12.7. The quantitative estimate of drug-likeness (QED) is 0.618. The monoisotopic (exact) mass is 299 g/mol. The third kappa shape index (κ3) is 1.47. The van der Waals surface area contributed by atoms with Gasteiger partial charge >= 0.3 is 0 Å². The van der Waals surface area contributed by atoms with Crippen LogP contribution in [0.5, 0.6) is 5.75 Å². The first-order valence-corrected chi connectivity index (χ1v) is 7.32. The van der Waals surface area contributed by atoms with E-state index in [1.807, 2.05) is 26.0 Å². The molecule has 2 bridgehead atoms. The summed E-state index contributed by atoms with van der Waals surface area (Å²) in [6, 6.07) is 7.01. The minimum atomic E-state index is -0.695. The molecule has 2 saturated heterocycles. The Morgan fingerprint density at radius 3 is 2.23 bits per heavy atom. The number of imide groups is 1. The van der Waals surface area contributed by atoms with Gasteiger partial charge in [0, 0.05) is 6.07 Å². The van der Waals surface area contributed by atoms with Crippen LogP contribution in [-0.2, 0) is 14.3 Å². The molecule has 4 atom stereocenters. The van der Waals surface area contributed by atoms with Crippen LogP contribution >= 0.6 is 0 Å². The normalized spacial score (nSPS) is 38.8. The number of hydrogen-bond acceptors (Lipinski definition) is 4. The lowest BCUT2D eigenvalue weighted by atomic mass is 9.73. The standard InChI is InChI=1S/C17H17NO4/c1-16-7-8-17(2,22-16)13-12(16)14(19)18(15(13)20)10-5-4-6-11(9-10)21-3/h4-9,12-13H,1-3H3/t12-,13-,16-,17+/m1/s1. The third-order valence-electron chi connectivity index (χ3n) is 5.04. The van der Waals surface area contributed by atoms with E-state index in [4.69, 9.17) is 9.47 Å². The summed E-state index contributed by atoms with van der Waals surface area (Å²) in [6.45, 7) is 3.75. The van der Waals surface area contributed by atoms with E-state index in [-0.39, 0.29) is 11.8 Å². The van der Waals surface area contributed by atoms with E-state index >= 15 is 0 Å². The molecule has 114 valence electrons. The van der Waals surface area contributed by atoms with E-state index in [1.165, 1.54) is 4.90 Å². The first-order chi connectivity index (χ1) is 10.4. The number of nitrogens with zero attached hydrogens (tertiary/aromatic N) is 1. The lowest BCUT2D eigenvalue weighted by Crippen LogP contribution is -2.39. The van der Waals surface area contributed by atoms with Crippen molar-refractivity contribution in [3.8, 4) is 5.75 Å². The first-order valence-electron chi connectivity index (χ1n) is 7.32. The highest BCUT2D eigenvalue weighted by atomic mass is 16.5. The smallest absolute Gasteiger partial charge is 0.241 e. The van der Waals surface area contributed by atoms with Crippen LogP contribution in [0, 0.1) is 11.8 Å². The van der Waals surface area contributed by atoms with Crippen LogP contribution in [0.3, 0.4) is 0 Å². The van der Waals surface area contributed by atoms with E-state index in [0.29, 0.717) is 11.4 Å². The largest absolute Gasteiger partial charge is 0.497 e. The Morgan fingerprint density at radius 2 is 1.68 bits per heavy atom. The van der Waals surface area contributed by atoms with Gasteiger partial charge in [0.25, 0.3) is 0 Å². The predicted octanol–water partition coefficient (Wildman–Crippen LogP) is 1.92. The van der Waals surface area contributed by atoms with Crippen molar-refractivity contribution in [1.82, 2.24) is 0 Å². The first kappa shape index (κ1) is 13.5. The molecule has 3 aliphatic heterocycles. The molecule has 0 radical (unpaired) electrons. The third-order valence-corrected chi connectivity index (χ3v) is 5.04. The Kier molecular flexibility index (Phi) is 2.45. The Hall–Kier alpha value is -2.14. The number of fused-ring (bicyclic) bond motifs is 5. The van der Waals surface area contributed by atoms with Crippen LogP contribution in [-0.4, -0.2) is 30.1 Å². The van der Waals surface area contributed by atoms with Crippen LogP contribution in [0.2, 0.25) is 0 Å². The molecule has 4 rings (SSSR count). The fourth-order valence-electron chi connectivity index (χ4n) is 4.04. The summed E-state index contributed by atoms with van der Waals surface area (Å²) in [4.78, 5) is 27.1. The van der Waals surface area contributed by atoms with Gasteiger partial charge in [-0.1, -0.05) is 18.2 Å². The topological polar surface area (TPSA) is 55.8 Å². The molecular formula is C17H17NO4. The van der Waals surface area contributed by atoms with Gasteiger partial charge < -0.3 is 9.47 Å². The average molecular weight is 299 g/mol. The molecule has 0 saturated carbocycles. The molecule has 0 N–H and O–H groups in total. The zero-order valence-electron chi connectivity index (χ0n) is 12.7. The zero-order chi connectivity index (χ0) is 15.7. The number of carbonyl (C=O) groups excluding carboxylic acids is 2. The maximum Gasteiger partial charge on any atom is 0.241 e. The maximum absolute atomic E-state index is 12.9. The number of hydrogen-bond donors (Lipinski definition) is 0. The van der Waals surface area contributed by atoms with Gasteiger partial charge in [0.05, 0.1) is 35.8 Å². The summed E-state index contributed by atoms with van der Waals surface area (Å²) in [5.41, 5.74) is -0.838. The van der Waals surface area contributed by atoms with Gasteiger partial charge in [0.15, 0.2) is 0 Å². The summed E-state index contributed by atoms with van der Waals surface area (Å²) >= 11 is 0. The van der Waals surface area contributed by atoms with Gasteiger partial charge in [0.1, 0.15) is 5.75 Å². The maximum atomic E-state index is 12.9. The van der Waals surface area contributed by atoms with E-state index < -0.39 is 23.0 Å². The number of anilines is 1. The highest BCUT2D eigenvalue weighted by Crippen LogP contribution is 2.57. The molecule has 22 heavy (non-hydrogen) atoms. The van der Waals surface area contributed by atoms with Crippen molar-refractivity contribution < 1.29 is 19.1 Å². The van der Waals surface area contributed by atoms with Crippen molar-refractivity contribution in [3.63, 3.8) is 0 Å². The minimum Gasteiger partial charge on any atom is -0.497 e. The van der Waals surface area contributed by atoms with Gasteiger partial charge in [-0.15, -0.1) is 0 Å². The van der Waals surface area contributed by atoms with Gasteiger partial charge in [0.2, 0.25) is 11.8 Å². The molecule has 0 aromatic heterocycles. The second kappa shape index (κ2) is 3.98. The second-order valence-electron chi connectivity index (χ2n) is 6.47. The SMILES string of the molecule is COc1cccc(N2C(=O)[C@H]3[C@H](C2=O)[C@]2(C)C=C[C@@]3(C)O2)c1. The number of methoxy groups -OCH3 is 1. The van der Waals surface area contributed by atoms with Crippen LogP contribution in [0.1, 0.15) is 13.8 Å². The molecule has 0 aliphatic carbocycles. The van der Waals surface area contributed by atoms with E-state index in [1.54, 1.807) is 31.4 Å². The van der Waals surface area contributed by atoms with Crippen molar-refractivity contribution in [3.05, 3.63) is 36.4 Å². The summed E-state index contributed by atoms with van der Waals surface area (Å²) < 4.78 is 11.2. The highest BCUT2D eigenvalue weighted by molar-refractivity contribution is 6.23. The number of amides is 2. The molecule has 5 nitrogen and oxygen atoms in total. The predicted molar refractivity (Wildman–Crippen MR) is 79.5 cm³/mol. The molecule has 1 aromatic carbocycles. The highest BCUT2D eigenvalue weighted by Gasteiger charge is 2.70. The van der Waals surface area contributed by atoms with Crippen molar-refractivity contribution in [2.45, 2.75) is 25.0 Å². The van der Waals surface area contributed by atoms with E-state index in [0.717, 1.165) is 0 Å². The molecule has 0 unspecified atom stereocenters. The van der Waals surface area contributed by atoms with Crippen molar-refractivity contribution >= 4 is 17.5 Å². The van der Waals surface area contributed by atoms with Crippen LogP contribution < -0.4 is 9.64 Å². The second-order valence-corrected chi connectivity index (χ2v) is 6.47. The Bertz CT molecular complexity index is 691. The number of rotatable bonds is 2. The Labute approximate surface area is 128 Å². The van der Waals surface area contributed by atoms with Crippen molar-refractivity contribution in [2.75, 3.05) is 12.0 Å². The number of carbonyl (C=O) groups is 2. The number of benzene rings is 1.